The Balaban J connectivity index is 2.12. The molecule has 0 fully saturated rings. The quantitative estimate of drug-likeness (QED) is 0.352. The van der Waals surface area contributed by atoms with Crippen molar-refractivity contribution in [3.63, 3.8) is 0 Å². The second kappa shape index (κ2) is 13.1. The van der Waals surface area contributed by atoms with Gasteiger partial charge >= 0.3 is 0 Å². The zero-order chi connectivity index (χ0) is 17.6. The molecule has 1 rings (SSSR count). The molecular formula is C16H25Cl2N3O3. The van der Waals surface area contributed by atoms with E-state index in [-0.39, 0.29) is 0 Å². The monoisotopic (exact) mass is 377 g/mol. The molecule has 8 heteroatoms. The number of methoxy groups -OCH3 is 1. The van der Waals surface area contributed by atoms with Crippen LogP contribution in [0.1, 0.15) is 6.42 Å². The van der Waals surface area contributed by atoms with Gasteiger partial charge in [0.05, 0.1) is 24.8 Å². The SMILES string of the molecule is CN=C(NCCCOCCOC)NCCOc1cccc(Cl)c1Cl. The second-order valence-corrected chi connectivity index (χ2v) is 5.57. The highest BCUT2D eigenvalue weighted by atomic mass is 35.5. The third-order valence-electron chi connectivity index (χ3n) is 2.98. The van der Waals surface area contributed by atoms with E-state index in [0.29, 0.717) is 54.7 Å². The summed E-state index contributed by atoms with van der Waals surface area (Å²) in [4.78, 5) is 4.14. The number of ether oxygens (including phenoxy) is 3. The number of hydrogen-bond acceptors (Lipinski definition) is 4. The van der Waals surface area contributed by atoms with Crippen molar-refractivity contribution in [3.8, 4) is 5.75 Å². The molecule has 0 aliphatic rings. The van der Waals surface area contributed by atoms with Gasteiger partial charge in [-0.1, -0.05) is 29.3 Å². The molecule has 0 atom stereocenters. The summed E-state index contributed by atoms with van der Waals surface area (Å²) in [5.41, 5.74) is 0. The number of halogens is 2. The van der Waals surface area contributed by atoms with Crippen LogP contribution in [0.4, 0.5) is 0 Å². The molecule has 0 saturated carbocycles. The Bertz CT molecular complexity index is 501. The number of aliphatic imine (C=N–C) groups is 1. The molecule has 0 unspecified atom stereocenters. The summed E-state index contributed by atoms with van der Waals surface area (Å²) in [5.74, 6) is 1.29. The average molecular weight is 378 g/mol. The summed E-state index contributed by atoms with van der Waals surface area (Å²) >= 11 is 12.0. The maximum absolute atomic E-state index is 6.06. The van der Waals surface area contributed by atoms with Gasteiger partial charge in [0, 0.05) is 27.3 Å². The van der Waals surface area contributed by atoms with E-state index in [4.69, 9.17) is 37.4 Å². The molecule has 0 aliphatic heterocycles. The zero-order valence-electron chi connectivity index (χ0n) is 14.1. The maximum atomic E-state index is 6.06. The Morgan fingerprint density at radius 3 is 2.62 bits per heavy atom. The lowest BCUT2D eigenvalue weighted by molar-refractivity contribution is 0.0698. The minimum absolute atomic E-state index is 0.426. The molecule has 0 aliphatic carbocycles. The summed E-state index contributed by atoms with van der Waals surface area (Å²) in [6, 6.07) is 5.30. The molecule has 0 heterocycles. The van der Waals surface area contributed by atoms with E-state index in [2.05, 4.69) is 15.6 Å². The summed E-state index contributed by atoms with van der Waals surface area (Å²) in [5, 5.41) is 7.27. The molecule has 0 amide bonds. The van der Waals surface area contributed by atoms with Crippen LogP contribution in [0.3, 0.4) is 0 Å². The topological polar surface area (TPSA) is 64.1 Å². The highest BCUT2D eigenvalue weighted by Gasteiger charge is 2.05. The smallest absolute Gasteiger partial charge is 0.191 e. The molecule has 0 aromatic heterocycles. The first-order valence-electron chi connectivity index (χ1n) is 7.77. The Hall–Kier alpha value is -1.21. The lowest BCUT2D eigenvalue weighted by Crippen LogP contribution is -2.39. The van der Waals surface area contributed by atoms with Gasteiger partial charge in [0.15, 0.2) is 5.96 Å². The lowest BCUT2D eigenvalue weighted by Gasteiger charge is -2.13. The first kappa shape index (κ1) is 20.8. The van der Waals surface area contributed by atoms with E-state index in [1.165, 1.54) is 0 Å². The van der Waals surface area contributed by atoms with Crippen LogP contribution in [0.25, 0.3) is 0 Å². The number of nitrogens with zero attached hydrogens (tertiary/aromatic N) is 1. The molecule has 0 saturated heterocycles. The van der Waals surface area contributed by atoms with Crippen LogP contribution in [0.5, 0.6) is 5.75 Å². The van der Waals surface area contributed by atoms with E-state index in [0.717, 1.165) is 13.0 Å². The van der Waals surface area contributed by atoms with Crippen molar-refractivity contribution in [3.05, 3.63) is 28.2 Å². The molecule has 0 bridgehead atoms. The number of benzene rings is 1. The van der Waals surface area contributed by atoms with Crippen molar-refractivity contribution in [1.82, 2.24) is 10.6 Å². The highest BCUT2D eigenvalue weighted by Crippen LogP contribution is 2.31. The average Bonchev–Trinajstić information content (AvgIpc) is 2.59. The fourth-order valence-corrected chi connectivity index (χ4v) is 2.12. The standard InChI is InChI=1S/C16H25Cl2N3O3/c1-19-16(20-7-4-9-23-12-11-22-2)21-8-10-24-14-6-3-5-13(17)15(14)18/h3,5-6H,4,7-12H2,1-2H3,(H2,19,20,21). The van der Waals surface area contributed by atoms with Crippen molar-refractivity contribution in [2.45, 2.75) is 6.42 Å². The molecule has 2 N–H and O–H groups in total. The molecule has 24 heavy (non-hydrogen) atoms. The first-order chi connectivity index (χ1) is 11.7. The van der Waals surface area contributed by atoms with E-state index >= 15 is 0 Å². The van der Waals surface area contributed by atoms with Crippen LogP contribution in [0, 0.1) is 0 Å². The predicted octanol–water partition coefficient (Wildman–Crippen LogP) is 2.59. The third kappa shape index (κ3) is 8.59. The first-order valence-corrected chi connectivity index (χ1v) is 8.52. The highest BCUT2D eigenvalue weighted by molar-refractivity contribution is 6.42. The van der Waals surface area contributed by atoms with Gasteiger partial charge in [-0.2, -0.15) is 0 Å². The van der Waals surface area contributed by atoms with Crippen LogP contribution in [0.15, 0.2) is 23.2 Å². The van der Waals surface area contributed by atoms with Crippen LogP contribution < -0.4 is 15.4 Å². The fourth-order valence-electron chi connectivity index (χ4n) is 1.77. The normalized spacial score (nSPS) is 11.4. The van der Waals surface area contributed by atoms with Gasteiger partial charge < -0.3 is 24.8 Å². The number of nitrogens with one attached hydrogen (secondary N) is 2. The maximum Gasteiger partial charge on any atom is 0.191 e. The van der Waals surface area contributed by atoms with Crippen molar-refractivity contribution < 1.29 is 14.2 Å². The zero-order valence-corrected chi connectivity index (χ0v) is 15.6. The Morgan fingerprint density at radius 1 is 1.08 bits per heavy atom. The van der Waals surface area contributed by atoms with Crippen molar-refractivity contribution in [1.29, 1.82) is 0 Å². The minimum Gasteiger partial charge on any atom is -0.490 e. The Labute approximate surface area is 153 Å². The van der Waals surface area contributed by atoms with Gasteiger partial charge in [0.1, 0.15) is 17.4 Å². The van der Waals surface area contributed by atoms with Gasteiger partial charge in [0.25, 0.3) is 0 Å². The molecule has 6 nitrogen and oxygen atoms in total. The van der Waals surface area contributed by atoms with Crippen LogP contribution in [0.2, 0.25) is 10.0 Å². The van der Waals surface area contributed by atoms with Gasteiger partial charge in [-0.05, 0) is 18.6 Å². The predicted molar refractivity (Wildman–Crippen MR) is 98.6 cm³/mol. The van der Waals surface area contributed by atoms with E-state index < -0.39 is 0 Å². The molecule has 0 spiro atoms. The largest absolute Gasteiger partial charge is 0.490 e. The third-order valence-corrected chi connectivity index (χ3v) is 3.78. The number of rotatable bonds is 11. The summed E-state index contributed by atoms with van der Waals surface area (Å²) in [6.07, 6.45) is 0.888. The number of guanidine groups is 1. The molecular weight excluding hydrogens is 353 g/mol. The molecule has 0 radical (unpaired) electrons. The van der Waals surface area contributed by atoms with Gasteiger partial charge in [0.2, 0.25) is 0 Å². The van der Waals surface area contributed by atoms with Gasteiger partial charge in [-0.15, -0.1) is 0 Å². The Morgan fingerprint density at radius 2 is 1.88 bits per heavy atom. The molecule has 1 aromatic carbocycles. The summed E-state index contributed by atoms with van der Waals surface area (Å²) in [7, 11) is 3.38. The van der Waals surface area contributed by atoms with Gasteiger partial charge in [-0.25, -0.2) is 0 Å². The summed E-state index contributed by atoms with van der Waals surface area (Å²) in [6.45, 7) is 3.73. The van der Waals surface area contributed by atoms with Crippen LogP contribution >= 0.6 is 23.2 Å². The fraction of sp³-hybridized carbons (Fsp3) is 0.562. The van der Waals surface area contributed by atoms with Crippen molar-refractivity contribution in [2.24, 2.45) is 4.99 Å². The van der Waals surface area contributed by atoms with Crippen LogP contribution in [-0.2, 0) is 9.47 Å². The van der Waals surface area contributed by atoms with E-state index in [1.807, 2.05) is 0 Å². The van der Waals surface area contributed by atoms with Crippen molar-refractivity contribution in [2.75, 3.05) is 53.7 Å². The second-order valence-electron chi connectivity index (χ2n) is 4.78. The lowest BCUT2D eigenvalue weighted by atomic mass is 10.3. The van der Waals surface area contributed by atoms with Gasteiger partial charge in [-0.3, -0.25) is 4.99 Å². The van der Waals surface area contributed by atoms with E-state index in [1.54, 1.807) is 32.4 Å². The number of hydrogen-bond donors (Lipinski definition) is 2. The summed E-state index contributed by atoms with van der Waals surface area (Å²) < 4.78 is 15.9. The minimum atomic E-state index is 0.426. The molecule has 136 valence electrons. The molecule has 1 aromatic rings. The Kier molecular flexibility index (Phi) is 11.4. The van der Waals surface area contributed by atoms with Crippen LogP contribution in [-0.4, -0.2) is 59.6 Å². The van der Waals surface area contributed by atoms with Crippen molar-refractivity contribution >= 4 is 29.2 Å². The van der Waals surface area contributed by atoms with E-state index in [9.17, 15) is 0 Å².